The molecule has 2 aromatic rings. The van der Waals surface area contributed by atoms with E-state index in [-0.39, 0.29) is 11.5 Å². The Labute approximate surface area is 129 Å². The molecule has 0 aromatic heterocycles. The van der Waals surface area contributed by atoms with E-state index in [0.29, 0.717) is 17.1 Å². The SMILES string of the molecule is CCc1ccc(/C=C2\Oc3cc(O)ccc3C2=O)c(CC)c1. The molecular formula is C19H18O3. The molecule has 1 heterocycles. The Morgan fingerprint density at radius 2 is 1.91 bits per heavy atom. The summed E-state index contributed by atoms with van der Waals surface area (Å²) in [5.41, 5.74) is 3.97. The first-order valence-corrected chi connectivity index (χ1v) is 7.51. The number of allylic oxidation sites excluding steroid dienone is 1. The molecular weight excluding hydrogens is 276 g/mol. The van der Waals surface area contributed by atoms with Gasteiger partial charge in [-0.25, -0.2) is 0 Å². The van der Waals surface area contributed by atoms with Crippen molar-refractivity contribution in [2.45, 2.75) is 26.7 Å². The molecule has 1 aliphatic heterocycles. The molecule has 0 radical (unpaired) electrons. The summed E-state index contributed by atoms with van der Waals surface area (Å²) >= 11 is 0. The quantitative estimate of drug-likeness (QED) is 0.866. The number of fused-ring (bicyclic) bond motifs is 1. The van der Waals surface area contributed by atoms with Crippen LogP contribution in [-0.4, -0.2) is 10.9 Å². The van der Waals surface area contributed by atoms with E-state index in [1.807, 2.05) is 6.07 Å². The average Bonchev–Trinajstić information content (AvgIpc) is 2.83. The molecule has 22 heavy (non-hydrogen) atoms. The van der Waals surface area contributed by atoms with Gasteiger partial charge < -0.3 is 9.84 Å². The second-order valence-corrected chi connectivity index (χ2v) is 5.36. The van der Waals surface area contributed by atoms with Gasteiger partial charge in [0.15, 0.2) is 5.76 Å². The first-order valence-electron chi connectivity index (χ1n) is 7.51. The van der Waals surface area contributed by atoms with E-state index in [1.54, 1.807) is 12.1 Å². The number of aromatic hydroxyl groups is 1. The Hall–Kier alpha value is -2.55. The number of hydrogen-bond donors (Lipinski definition) is 1. The summed E-state index contributed by atoms with van der Waals surface area (Å²) in [6.07, 6.45) is 3.68. The molecule has 3 rings (SSSR count). The van der Waals surface area contributed by atoms with E-state index in [1.165, 1.54) is 23.3 Å². The highest BCUT2D eigenvalue weighted by Gasteiger charge is 2.27. The molecule has 0 fully saturated rings. The van der Waals surface area contributed by atoms with E-state index < -0.39 is 0 Å². The van der Waals surface area contributed by atoms with Crippen LogP contribution in [0.15, 0.2) is 42.2 Å². The van der Waals surface area contributed by atoms with Gasteiger partial charge in [-0.05, 0) is 47.7 Å². The van der Waals surface area contributed by atoms with Crippen molar-refractivity contribution >= 4 is 11.9 Å². The van der Waals surface area contributed by atoms with Crippen LogP contribution in [0.3, 0.4) is 0 Å². The number of ketones is 1. The Morgan fingerprint density at radius 1 is 1.09 bits per heavy atom. The predicted molar refractivity (Wildman–Crippen MR) is 86.2 cm³/mol. The number of Topliss-reactive ketones (excluding diaryl/α,β-unsaturated/α-hetero) is 1. The summed E-state index contributed by atoms with van der Waals surface area (Å²) in [5, 5.41) is 9.49. The fraction of sp³-hybridized carbons (Fsp3) is 0.211. The Bertz CT molecular complexity index is 772. The Balaban J connectivity index is 1.99. The smallest absolute Gasteiger partial charge is 0.231 e. The van der Waals surface area contributed by atoms with E-state index in [9.17, 15) is 9.90 Å². The minimum absolute atomic E-state index is 0.0920. The van der Waals surface area contributed by atoms with Gasteiger partial charge in [-0.1, -0.05) is 32.0 Å². The number of benzene rings is 2. The third-order valence-electron chi connectivity index (χ3n) is 3.94. The normalized spacial score (nSPS) is 15.0. The summed E-state index contributed by atoms with van der Waals surface area (Å²) in [5.74, 6) is 0.671. The Morgan fingerprint density at radius 3 is 2.64 bits per heavy atom. The lowest BCUT2D eigenvalue weighted by Gasteiger charge is -2.07. The molecule has 0 amide bonds. The third kappa shape index (κ3) is 2.50. The summed E-state index contributed by atoms with van der Waals surface area (Å²) < 4.78 is 5.61. The maximum absolute atomic E-state index is 12.4. The summed E-state index contributed by atoms with van der Waals surface area (Å²) in [4.78, 5) is 12.4. The largest absolute Gasteiger partial charge is 0.508 e. The second-order valence-electron chi connectivity index (χ2n) is 5.36. The second kappa shape index (κ2) is 5.68. The van der Waals surface area contributed by atoms with Crippen LogP contribution in [0, 0.1) is 0 Å². The molecule has 0 bridgehead atoms. The van der Waals surface area contributed by atoms with Crippen LogP contribution in [0.1, 0.15) is 40.9 Å². The van der Waals surface area contributed by atoms with Crippen LogP contribution in [0.4, 0.5) is 0 Å². The van der Waals surface area contributed by atoms with Crippen LogP contribution in [0.5, 0.6) is 11.5 Å². The third-order valence-corrected chi connectivity index (χ3v) is 3.94. The van der Waals surface area contributed by atoms with Crippen LogP contribution >= 0.6 is 0 Å². The fourth-order valence-electron chi connectivity index (χ4n) is 2.64. The molecule has 1 N–H and O–H groups in total. The minimum atomic E-state index is -0.142. The first kappa shape index (κ1) is 14.4. The van der Waals surface area contributed by atoms with Crippen LogP contribution in [0.2, 0.25) is 0 Å². The van der Waals surface area contributed by atoms with Crippen molar-refractivity contribution in [2.24, 2.45) is 0 Å². The lowest BCUT2D eigenvalue weighted by atomic mass is 9.99. The zero-order valence-corrected chi connectivity index (χ0v) is 12.7. The lowest BCUT2D eigenvalue weighted by Crippen LogP contribution is -1.99. The molecule has 3 nitrogen and oxygen atoms in total. The van der Waals surface area contributed by atoms with Crippen molar-refractivity contribution < 1.29 is 14.6 Å². The van der Waals surface area contributed by atoms with Crippen molar-refractivity contribution in [1.82, 2.24) is 0 Å². The number of hydrogen-bond acceptors (Lipinski definition) is 3. The van der Waals surface area contributed by atoms with Gasteiger partial charge in [0.05, 0.1) is 5.56 Å². The molecule has 0 aliphatic carbocycles. The summed E-state index contributed by atoms with van der Waals surface area (Å²) in [6, 6.07) is 10.8. The van der Waals surface area contributed by atoms with E-state index in [4.69, 9.17) is 4.74 Å². The zero-order valence-electron chi connectivity index (χ0n) is 12.7. The highest BCUT2D eigenvalue weighted by atomic mass is 16.5. The molecule has 0 saturated heterocycles. The zero-order chi connectivity index (χ0) is 15.7. The molecule has 0 spiro atoms. The topological polar surface area (TPSA) is 46.5 Å². The molecule has 2 aromatic carbocycles. The van der Waals surface area contributed by atoms with Crippen LogP contribution in [0.25, 0.3) is 6.08 Å². The van der Waals surface area contributed by atoms with Gasteiger partial charge in [0, 0.05) is 6.07 Å². The standard InChI is InChI=1S/C19H18O3/c1-3-12-5-6-14(13(4-2)9-12)10-18-19(21)16-8-7-15(20)11-17(16)22-18/h5-11,20H,3-4H2,1-2H3/b18-10-. The van der Waals surface area contributed by atoms with E-state index in [2.05, 4.69) is 26.0 Å². The van der Waals surface area contributed by atoms with Gasteiger partial charge in [0.1, 0.15) is 11.5 Å². The van der Waals surface area contributed by atoms with E-state index >= 15 is 0 Å². The van der Waals surface area contributed by atoms with Crippen LogP contribution < -0.4 is 4.74 Å². The molecule has 1 aliphatic rings. The first-order chi connectivity index (χ1) is 10.6. The summed E-state index contributed by atoms with van der Waals surface area (Å²) in [7, 11) is 0. The molecule has 112 valence electrons. The van der Waals surface area contributed by atoms with Gasteiger partial charge in [-0.2, -0.15) is 0 Å². The lowest BCUT2D eigenvalue weighted by molar-refractivity contribution is 0.101. The fourth-order valence-corrected chi connectivity index (χ4v) is 2.64. The molecule has 0 unspecified atom stereocenters. The Kier molecular flexibility index (Phi) is 3.72. The number of phenols is 1. The number of carbonyl (C=O) groups is 1. The molecule has 0 atom stereocenters. The van der Waals surface area contributed by atoms with Gasteiger partial charge in [-0.3, -0.25) is 4.79 Å². The van der Waals surface area contributed by atoms with Gasteiger partial charge in [-0.15, -0.1) is 0 Å². The average molecular weight is 294 g/mol. The summed E-state index contributed by atoms with van der Waals surface area (Å²) in [6.45, 7) is 4.22. The number of aryl methyl sites for hydroxylation is 2. The van der Waals surface area contributed by atoms with Gasteiger partial charge in [0.25, 0.3) is 0 Å². The van der Waals surface area contributed by atoms with Crippen molar-refractivity contribution in [1.29, 1.82) is 0 Å². The molecule has 3 heteroatoms. The van der Waals surface area contributed by atoms with Crippen molar-refractivity contribution in [3.63, 3.8) is 0 Å². The number of rotatable bonds is 3. The van der Waals surface area contributed by atoms with Gasteiger partial charge in [0.2, 0.25) is 5.78 Å². The maximum atomic E-state index is 12.4. The minimum Gasteiger partial charge on any atom is -0.508 e. The highest BCUT2D eigenvalue weighted by molar-refractivity contribution is 6.14. The van der Waals surface area contributed by atoms with Crippen molar-refractivity contribution in [2.75, 3.05) is 0 Å². The van der Waals surface area contributed by atoms with Crippen molar-refractivity contribution in [3.05, 3.63) is 64.4 Å². The van der Waals surface area contributed by atoms with Crippen LogP contribution in [-0.2, 0) is 12.8 Å². The monoisotopic (exact) mass is 294 g/mol. The van der Waals surface area contributed by atoms with Crippen molar-refractivity contribution in [3.8, 4) is 11.5 Å². The number of carbonyl (C=O) groups excluding carboxylic acids is 1. The van der Waals surface area contributed by atoms with E-state index in [0.717, 1.165) is 18.4 Å². The molecule has 0 saturated carbocycles. The van der Waals surface area contributed by atoms with Gasteiger partial charge >= 0.3 is 0 Å². The number of phenolic OH excluding ortho intramolecular Hbond substituents is 1. The highest BCUT2D eigenvalue weighted by Crippen LogP contribution is 2.34. The number of ether oxygens (including phenoxy) is 1. The predicted octanol–water partition coefficient (Wildman–Crippen LogP) is 4.13. The maximum Gasteiger partial charge on any atom is 0.231 e.